The number of benzene rings is 2. The van der Waals surface area contributed by atoms with Crippen LogP contribution in [0.25, 0.3) is 6.08 Å². The molecular formula is C27H30Cl3N3S. The van der Waals surface area contributed by atoms with Crippen LogP contribution in [0.2, 0.25) is 15.1 Å². The minimum absolute atomic E-state index is 0.0809. The number of thiocarbonyl (C=S) groups is 1. The highest BCUT2D eigenvalue weighted by molar-refractivity contribution is 7.80. The second-order valence-corrected chi connectivity index (χ2v) is 11.8. The lowest BCUT2D eigenvalue weighted by molar-refractivity contribution is 0.357. The predicted molar refractivity (Wildman–Crippen MR) is 152 cm³/mol. The molecule has 2 aliphatic rings. The second-order valence-electron chi connectivity index (χ2n) is 10.2. The van der Waals surface area contributed by atoms with Crippen LogP contribution < -0.4 is 10.2 Å². The average molecular weight is 535 g/mol. The van der Waals surface area contributed by atoms with Gasteiger partial charge in [0.05, 0.1) is 6.04 Å². The first-order chi connectivity index (χ1) is 16.1. The number of aliphatic imine (C=N–C) groups is 1. The molecule has 4 rings (SSSR count). The van der Waals surface area contributed by atoms with Crippen molar-refractivity contribution in [1.29, 1.82) is 0 Å². The van der Waals surface area contributed by atoms with Gasteiger partial charge in [0.1, 0.15) is 11.4 Å². The minimum Gasteiger partial charge on any atom is -0.319 e. The van der Waals surface area contributed by atoms with Gasteiger partial charge in [-0.2, -0.15) is 0 Å². The Hall–Kier alpha value is -1.59. The SMILES string of the molecule is CC(C)(C)C(/C=C/c1ccc(Cl)cc1Cl)N=C1NC(=S)N(c2cccc(Cl)c2)C12CCCCC2. The Kier molecular flexibility index (Phi) is 7.64. The third-order valence-corrected chi connectivity index (χ3v) is 7.70. The molecule has 0 radical (unpaired) electrons. The smallest absolute Gasteiger partial charge is 0.179 e. The zero-order valence-corrected chi connectivity index (χ0v) is 22.8. The number of nitrogens with zero attached hydrogens (tertiary/aromatic N) is 2. The van der Waals surface area contributed by atoms with Gasteiger partial charge in [-0.25, -0.2) is 0 Å². The maximum absolute atomic E-state index is 6.41. The number of hydrogen-bond donors (Lipinski definition) is 1. The van der Waals surface area contributed by atoms with Gasteiger partial charge in [0.15, 0.2) is 5.11 Å². The van der Waals surface area contributed by atoms with Crippen molar-refractivity contribution in [3.63, 3.8) is 0 Å². The number of nitrogens with one attached hydrogen (secondary N) is 1. The molecule has 1 aliphatic carbocycles. The van der Waals surface area contributed by atoms with E-state index in [2.05, 4.69) is 43.1 Å². The number of hydrogen-bond acceptors (Lipinski definition) is 2. The summed E-state index contributed by atoms with van der Waals surface area (Å²) in [4.78, 5) is 7.56. The Morgan fingerprint density at radius 3 is 2.38 bits per heavy atom. The Morgan fingerprint density at radius 1 is 1.03 bits per heavy atom. The summed E-state index contributed by atoms with van der Waals surface area (Å²) in [5.41, 5.74) is 1.54. The summed E-state index contributed by atoms with van der Waals surface area (Å²) in [7, 11) is 0. The number of rotatable bonds is 4. The molecule has 180 valence electrons. The van der Waals surface area contributed by atoms with Gasteiger partial charge in [-0.3, -0.25) is 4.99 Å². The van der Waals surface area contributed by atoms with Crippen molar-refractivity contribution in [3.05, 3.63) is 69.2 Å². The molecule has 2 aromatic carbocycles. The van der Waals surface area contributed by atoms with Gasteiger partial charge in [0.25, 0.3) is 0 Å². The van der Waals surface area contributed by atoms with E-state index in [1.165, 1.54) is 6.42 Å². The van der Waals surface area contributed by atoms with E-state index in [4.69, 9.17) is 52.0 Å². The molecule has 3 nitrogen and oxygen atoms in total. The first-order valence-corrected chi connectivity index (χ1v) is 13.2. The Bertz CT molecular complexity index is 1130. The van der Waals surface area contributed by atoms with E-state index in [1.54, 1.807) is 6.07 Å². The molecule has 7 heteroatoms. The van der Waals surface area contributed by atoms with Crippen molar-refractivity contribution in [1.82, 2.24) is 5.32 Å². The van der Waals surface area contributed by atoms with Crippen molar-refractivity contribution in [2.45, 2.75) is 64.5 Å². The highest BCUT2D eigenvalue weighted by Gasteiger charge is 2.50. The van der Waals surface area contributed by atoms with Gasteiger partial charge in [0, 0.05) is 20.8 Å². The first-order valence-electron chi connectivity index (χ1n) is 11.7. The molecule has 1 saturated heterocycles. The summed E-state index contributed by atoms with van der Waals surface area (Å²) in [6, 6.07) is 13.4. The lowest BCUT2D eigenvalue weighted by Gasteiger charge is -2.41. The average Bonchev–Trinajstić information content (AvgIpc) is 3.02. The maximum atomic E-state index is 6.41. The van der Waals surface area contributed by atoms with Crippen LogP contribution in [0.15, 0.2) is 53.5 Å². The Morgan fingerprint density at radius 2 is 1.74 bits per heavy atom. The minimum atomic E-state index is -0.282. The monoisotopic (exact) mass is 533 g/mol. The normalized spacial score (nSPS) is 20.4. The van der Waals surface area contributed by atoms with Crippen molar-refractivity contribution in [2.75, 3.05) is 4.90 Å². The summed E-state index contributed by atoms with van der Waals surface area (Å²) in [5.74, 6) is 0.948. The Labute approximate surface area is 223 Å². The molecule has 2 fully saturated rings. The van der Waals surface area contributed by atoms with E-state index in [-0.39, 0.29) is 17.0 Å². The van der Waals surface area contributed by atoms with E-state index >= 15 is 0 Å². The summed E-state index contributed by atoms with van der Waals surface area (Å²) >= 11 is 24.7. The Balaban J connectivity index is 1.75. The zero-order valence-electron chi connectivity index (χ0n) is 19.7. The van der Waals surface area contributed by atoms with E-state index in [9.17, 15) is 0 Å². The fourth-order valence-corrected chi connectivity index (χ4v) is 5.83. The highest BCUT2D eigenvalue weighted by Crippen LogP contribution is 2.42. The molecule has 0 aromatic heterocycles. The van der Waals surface area contributed by atoms with Gasteiger partial charge in [-0.05, 0) is 66.4 Å². The van der Waals surface area contributed by atoms with E-state index in [0.717, 1.165) is 42.8 Å². The summed E-state index contributed by atoms with van der Waals surface area (Å²) in [6.45, 7) is 6.60. The van der Waals surface area contributed by atoms with Crippen LogP contribution in [-0.4, -0.2) is 22.5 Å². The molecule has 1 unspecified atom stereocenters. The fraction of sp³-hybridized carbons (Fsp3) is 0.407. The van der Waals surface area contributed by atoms with Crippen molar-refractivity contribution >= 4 is 69.7 Å². The van der Waals surface area contributed by atoms with E-state index in [0.29, 0.717) is 20.2 Å². The van der Waals surface area contributed by atoms with Crippen LogP contribution >= 0.6 is 47.0 Å². The van der Waals surface area contributed by atoms with Crippen LogP contribution in [-0.2, 0) is 0 Å². The molecule has 1 heterocycles. The van der Waals surface area contributed by atoms with Gasteiger partial charge in [-0.15, -0.1) is 0 Å². The molecule has 34 heavy (non-hydrogen) atoms. The topological polar surface area (TPSA) is 27.6 Å². The largest absolute Gasteiger partial charge is 0.319 e. The van der Waals surface area contributed by atoms with Crippen LogP contribution in [0, 0.1) is 5.41 Å². The van der Waals surface area contributed by atoms with Crippen molar-refractivity contribution in [3.8, 4) is 0 Å². The van der Waals surface area contributed by atoms with Crippen LogP contribution in [0.1, 0.15) is 58.4 Å². The van der Waals surface area contributed by atoms with Crippen LogP contribution in [0.4, 0.5) is 5.69 Å². The van der Waals surface area contributed by atoms with E-state index < -0.39 is 0 Å². The fourth-order valence-electron chi connectivity index (χ4n) is 4.80. The molecule has 1 N–H and O–H groups in total. The lowest BCUT2D eigenvalue weighted by Crippen LogP contribution is -2.51. The van der Waals surface area contributed by atoms with Gasteiger partial charge >= 0.3 is 0 Å². The predicted octanol–water partition coefficient (Wildman–Crippen LogP) is 8.57. The molecule has 1 atom stereocenters. The molecule has 1 spiro atoms. The molecule has 2 aromatic rings. The first kappa shape index (κ1) is 25.5. The number of anilines is 1. The van der Waals surface area contributed by atoms with E-state index in [1.807, 2.05) is 36.4 Å². The van der Waals surface area contributed by atoms with Crippen LogP contribution in [0.3, 0.4) is 0 Å². The zero-order chi connectivity index (χ0) is 24.5. The third-order valence-electron chi connectivity index (χ3n) is 6.62. The van der Waals surface area contributed by atoms with Crippen LogP contribution in [0.5, 0.6) is 0 Å². The third kappa shape index (κ3) is 5.31. The number of amidine groups is 1. The quantitative estimate of drug-likeness (QED) is 0.398. The molecular weight excluding hydrogens is 505 g/mol. The number of halogens is 3. The van der Waals surface area contributed by atoms with Gasteiger partial charge in [-0.1, -0.05) is 99.1 Å². The second kappa shape index (κ2) is 10.2. The molecule has 0 bridgehead atoms. The van der Waals surface area contributed by atoms with Gasteiger partial charge < -0.3 is 10.2 Å². The van der Waals surface area contributed by atoms with Crippen molar-refractivity contribution in [2.24, 2.45) is 10.4 Å². The molecule has 0 amide bonds. The lowest BCUT2D eigenvalue weighted by atomic mass is 9.79. The highest BCUT2D eigenvalue weighted by atomic mass is 35.5. The standard InChI is InChI=1S/C27H30Cl3N3S/c1-26(2,3)23(13-11-18-10-12-20(29)17-22(18)30)31-24-27(14-5-4-6-15-27)33(25(34)32-24)21-9-7-8-19(28)16-21/h7-13,16-17,23H,4-6,14-15H2,1-3H3,(H,31,32,34)/b13-11+. The summed E-state index contributed by atoms with van der Waals surface area (Å²) < 4.78 is 0. The molecule has 1 saturated carbocycles. The maximum Gasteiger partial charge on any atom is 0.179 e. The molecule has 1 aliphatic heterocycles. The van der Waals surface area contributed by atoms with Crippen molar-refractivity contribution < 1.29 is 0 Å². The summed E-state index contributed by atoms with van der Waals surface area (Å²) in [5, 5.41) is 6.12. The van der Waals surface area contributed by atoms with Gasteiger partial charge in [0.2, 0.25) is 0 Å². The summed E-state index contributed by atoms with van der Waals surface area (Å²) in [6.07, 6.45) is 9.65.